The largest absolute Gasteiger partial charge is 0.227 e. The molecule has 0 heterocycles. The Labute approximate surface area is 54.2 Å². The molecule has 1 fully saturated rings. The van der Waals surface area contributed by atoms with E-state index in [0.29, 0.717) is 0 Å². The van der Waals surface area contributed by atoms with Gasteiger partial charge >= 0.3 is 0 Å². The maximum Gasteiger partial charge on any atom is 0.166 e. The minimum atomic E-state index is -3.00. The predicted octanol–water partition coefficient (Wildman–Crippen LogP) is 0.0872. The van der Waals surface area contributed by atoms with E-state index in [4.69, 9.17) is 5.26 Å². The second-order valence-corrected chi connectivity index (χ2v) is 4.45. The van der Waals surface area contributed by atoms with Crippen molar-refractivity contribution in [3.63, 3.8) is 0 Å². The highest BCUT2D eigenvalue weighted by Crippen LogP contribution is 2.28. The molecular weight excluding hydrogens is 138 g/mol. The van der Waals surface area contributed by atoms with Gasteiger partial charge in [-0.3, -0.25) is 0 Å². The number of nitriles is 1. The van der Waals surface area contributed by atoms with Crippen LogP contribution in [0.15, 0.2) is 0 Å². The van der Waals surface area contributed by atoms with Crippen LogP contribution in [-0.2, 0) is 9.84 Å². The average molecular weight is 145 g/mol. The van der Waals surface area contributed by atoms with Gasteiger partial charge in [0.05, 0.1) is 11.3 Å². The van der Waals surface area contributed by atoms with Crippen LogP contribution in [-0.4, -0.2) is 19.4 Å². The molecule has 0 aliphatic heterocycles. The lowest BCUT2D eigenvalue weighted by Gasteiger charge is -1.90. The Morgan fingerprint density at radius 1 is 1.56 bits per heavy atom. The summed E-state index contributed by atoms with van der Waals surface area (Å²) in [7, 11) is -3.00. The number of sulfone groups is 1. The number of rotatable bonds is 2. The first-order chi connectivity index (χ1) is 4.17. The van der Waals surface area contributed by atoms with Crippen LogP contribution in [0.2, 0.25) is 0 Å². The molecule has 0 spiro atoms. The molecule has 0 N–H and O–H groups in total. The second kappa shape index (κ2) is 1.99. The average Bonchev–Trinajstić information content (AvgIpc) is 2.41. The van der Waals surface area contributed by atoms with Gasteiger partial charge < -0.3 is 0 Å². The van der Waals surface area contributed by atoms with Gasteiger partial charge in [0.1, 0.15) is 5.75 Å². The van der Waals surface area contributed by atoms with Gasteiger partial charge in [0.15, 0.2) is 9.84 Å². The molecule has 0 aromatic heterocycles. The summed E-state index contributed by atoms with van der Waals surface area (Å²) in [6.45, 7) is 0. The molecule has 0 amide bonds. The van der Waals surface area contributed by atoms with Crippen molar-refractivity contribution in [3.05, 3.63) is 0 Å². The first-order valence-corrected chi connectivity index (χ1v) is 4.47. The van der Waals surface area contributed by atoms with Crippen LogP contribution < -0.4 is 0 Å². The molecule has 0 saturated heterocycles. The van der Waals surface area contributed by atoms with Gasteiger partial charge in [0.2, 0.25) is 0 Å². The Kier molecular flexibility index (Phi) is 1.45. The van der Waals surface area contributed by atoms with Crippen molar-refractivity contribution < 1.29 is 8.42 Å². The van der Waals surface area contributed by atoms with E-state index in [2.05, 4.69) is 0 Å². The molecule has 1 rings (SSSR count). The summed E-state index contributed by atoms with van der Waals surface area (Å²) in [6, 6.07) is 1.64. The summed E-state index contributed by atoms with van der Waals surface area (Å²) < 4.78 is 21.5. The Morgan fingerprint density at radius 3 is 2.44 bits per heavy atom. The number of hydrogen-bond donors (Lipinski definition) is 0. The summed E-state index contributed by atoms with van der Waals surface area (Å²) in [4.78, 5) is 0. The molecule has 0 aromatic carbocycles. The summed E-state index contributed by atoms with van der Waals surface area (Å²) in [5.74, 6) is -0.308. The van der Waals surface area contributed by atoms with Gasteiger partial charge in [0.25, 0.3) is 0 Å². The fraction of sp³-hybridized carbons (Fsp3) is 0.800. The van der Waals surface area contributed by atoms with E-state index < -0.39 is 9.84 Å². The van der Waals surface area contributed by atoms with E-state index in [0.717, 1.165) is 12.8 Å². The van der Waals surface area contributed by atoms with Gasteiger partial charge in [-0.05, 0) is 12.8 Å². The zero-order valence-corrected chi connectivity index (χ0v) is 5.69. The zero-order valence-electron chi connectivity index (χ0n) is 4.87. The molecule has 1 aliphatic rings. The maximum absolute atomic E-state index is 10.8. The topological polar surface area (TPSA) is 57.9 Å². The maximum atomic E-state index is 10.8. The molecule has 0 aromatic rings. The zero-order chi connectivity index (χ0) is 6.91. The Hall–Kier alpha value is -0.560. The minimum absolute atomic E-state index is 0.183. The van der Waals surface area contributed by atoms with Crippen LogP contribution in [0.1, 0.15) is 12.8 Å². The van der Waals surface area contributed by atoms with Crippen LogP contribution >= 0.6 is 0 Å². The van der Waals surface area contributed by atoms with Gasteiger partial charge in [-0.25, -0.2) is 8.42 Å². The third-order valence-corrected chi connectivity index (χ3v) is 3.32. The quantitative estimate of drug-likeness (QED) is 0.553. The van der Waals surface area contributed by atoms with Crippen LogP contribution in [0, 0.1) is 11.3 Å². The van der Waals surface area contributed by atoms with Gasteiger partial charge in [-0.1, -0.05) is 0 Å². The molecule has 9 heavy (non-hydrogen) atoms. The molecule has 4 heteroatoms. The third-order valence-electron chi connectivity index (χ3n) is 1.30. The summed E-state index contributed by atoms with van der Waals surface area (Å²) in [6.07, 6.45) is 1.51. The monoisotopic (exact) mass is 145 g/mol. The molecule has 0 radical (unpaired) electrons. The Balaban J connectivity index is 2.64. The first kappa shape index (κ1) is 6.56. The van der Waals surface area contributed by atoms with Crippen molar-refractivity contribution in [2.45, 2.75) is 18.1 Å². The van der Waals surface area contributed by atoms with E-state index in [1.165, 1.54) is 0 Å². The number of nitrogens with zero attached hydrogens (tertiary/aromatic N) is 1. The molecule has 1 saturated carbocycles. The predicted molar refractivity (Wildman–Crippen MR) is 32.4 cm³/mol. The summed E-state index contributed by atoms with van der Waals surface area (Å²) in [5, 5.41) is 7.87. The van der Waals surface area contributed by atoms with E-state index in [1.807, 2.05) is 0 Å². The number of hydrogen-bond acceptors (Lipinski definition) is 3. The second-order valence-electron chi connectivity index (χ2n) is 2.16. The third kappa shape index (κ3) is 1.42. The summed E-state index contributed by atoms with van der Waals surface area (Å²) in [5.41, 5.74) is 0. The lowest BCUT2D eigenvalue weighted by Crippen LogP contribution is -2.09. The molecule has 0 atom stereocenters. The first-order valence-electron chi connectivity index (χ1n) is 2.75. The van der Waals surface area contributed by atoms with Crippen molar-refractivity contribution in [2.75, 3.05) is 5.75 Å². The van der Waals surface area contributed by atoms with E-state index >= 15 is 0 Å². The summed E-state index contributed by atoms with van der Waals surface area (Å²) >= 11 is 0. The molecule has 50 valence electrons. The highest BCUT2D eigenvalue weighted by atomic mass is 32.2. The lowest BCUT2D eigenvalue weighted by molar-refractivity contribution is 0.598. The molecule has 0 unspecified atom stereocenters. The van der Waals surface area contributed by atoms with Crippen molar-refractivity contribution >= 4 is 9.84 Å². The van der Waals surface area contributed by atoms with E-state index in [1.54, 1.807) is 6.07 Å². The smallest absolute Gasteiger partial charge is 0.166 e. The van der Waals surface area contributed by atoms with Gasteiger partial charge in [-0.2, -0.15) is 5.26 Å². The minimum Gasteiger partial charge on any atom is -0.227 e. The SMILES string of the molecule is N#CCS(=O)(=O)C1CC1. The molecule has 1 aliphatic carbocycles. The Morgan fingerprint density at radius 2 is 2.11 bits per heavy atom. The molecule has 0 bridgehead atoms. The van der Waals surface area contributed by atoms with Crippen molar-refractivity contribution in [1.82, 2.24) is 0 Å². The molecular formula is C5H7NO2S. The van der Waals surface area contributed by atoms with Crippen LogP contribution in [0.25, 0.3) is 0 Å². The fourth-order valence-electron chi connectivity index (χ4n) is 0.635. The van der Waals surface area contributed by atoms with Gasteiger partial charge in [-0.15, -0.1) is 0 Å². The van der Waals surface area contributed by atoms with Crippen molar-refractivity contribution in [1.29, 1.82) is 5.26 Å². The Bertz CT molecular complexity index is 232. The van der Waals surface area contributed by atoms with Gasteiger partial charge in [0, 0.05) is 0 Å². The van der Waals surface area contributed by atoms with Crippen molar-refractivity contribution in [2.24, 2.45) is 0 Å². The standard InChI is InChI=1S/C5H7NO2S/c6-3-4-9(7,8)5-1-2-5/h5H,1-2,4H2. The van der Waals surface area contributed by atoms with E-state index in [9.17, 15) is 8.42 Å². The highest BCUT2D eigenvalue weighted by molar-refractivity contribution is 7.92. The van der Waals surface area contributed by atoms with Crippen molar-refractivity contribution in [3.8, 4) is 6.07 Å². The van der Waals surface area contributed by atoms with Crippen LogP contribution in [0.4, 0.5) is 0 Å². The highest BCUT2D eigenvalue weighted by Gasteiger charge is 2.34. The van der Waals surface area contributed by atoms with Crippen LogP contribution in [0.3, 0.4) is 0 Å². The fourth-order valence-corrected chi connectivity index (χ4v) is 1.90. The van der Waals surface area contributed by atoms with E-state index in [-0.39, 0.29) is 11.0 Å². The normalized spacial score (nSPS) is 19.0. The lowest BCUT2D eigenvalue weighted by atomic mass is 10.9. The van der Waals surface area contributed by atoms with Crippen LogP contribution in [0.5, 0.6) is 0 Å². The molecule has 3 nitrogen and oxygen atoms in total.